The molecule has 1 aliphatic rings. The standard InChI is InChI=1S/C24H25N3O/c28-24(22-12-6-5-11-21(22)20-9-3-1-4-10-20)26-18-19-13-14-23(25-17-19)27-15-7-2-8-16-27/h1,3-6,9-14,17H,2,7-8,15-16,18H2,(H,26,28). The lowest BCUT2D eigenvalue weighted by Crippen LogP contribution is -2.30. The third kappa shape index (κ3) is 4.22. The average Bonchev–Trinajstić information content (AvgIpc) is 2.79. The van der Waals surface area contributed by atoms with Crippen LogP contribution in [0.3, 0.4) is 0 Å². The van der Waals surface area contributed by atoms with Crippen molar-refractivity contribution < 1.29 is 4.79 Å². The average molecular weight is 371 g/mol. The number of piperidine rings is 1. The van der Waals surface area contributed by atoms with Gasteiger partial charge in [-0.05, 0) is 48.1 Å². The first kappa shape index (κ1) is 18.2. The van der Waals surface area contributed by atoms with E-state index in [4.69, 9.17) is 0 Å². The Hall–Kier alpha value is -3.14. The highest BCUT2D eigenvalue weighted by molar-refractivity contribution is 6.00. The summed E-state index contributed by atoms with van der Waals surface area (Å²) in [5.74, 6) is 0.962. The molecule has 0 radical (unpaired) electrons. The number of nitrogens with zero attached hydrogens (tertiary/aromatic N) is 2. The molecule has 1 saturated heterocycles. The van der Waals surface area contributed by atoms with Gasteiger partial charge in [0.2, 0.25) is 0 Å². The van der Waals surface area contributed by atoms with Crippen LogP contribution in [0, 0.1) is 0 Å². The van der Waals surface area contributed by atoms with E-state index in [0.717, 1.165) is 35.6 Å². The molecule has 3 aromatic rings. The largest absolute Gasteiger partial charge is 0.357 e. The molecule has 4 nitrogen and oxygen atoms in total. The lowest BCUT2D eigenvalue weighted by molar-refractivity contribution is 0.0951. The topological polar surface area (TPSA) is 45.2 Å². The Kier molecular flexibility index (Phi) is 5.66. The van der Waals surface area contributed by atoms with Gasteiger partial charge in [-0.25, -0.2) is 4.98 Å². The zero-order valence-electron chi connectivity index (χ0n) is 16.0. The third-order valence-corrected chi connectivity index (χ3v) is 5.20. The maximum atomic E-state index is 12.8. The first-order chi connectivity index (χ1) is 13.8. The number of aromatic nitrogens is 1. The van der Waals surface area contributed by atoms with E-state index in [1.807, 2.05) is 60.8 Å². The maximum absolute atomic E-state index is 12.8. The summed E-state index contributed by atoms with van der Waals surface area (Å²) in [6.45, 7) is 2.63. The number of hydrogen-bond donors (Lipinski definition) is 1. The van der Waals surface area contributed by atoms with E-state index in [2.05, 4.69) is 27.3 Å². The van der Waals surface area contributed by atoms with Crippen LogP contribution < -0.4 is 10.2 Å². The molecule has 0 saturated carbocycles. The molecule has 0 unspecified atom stereocenters. The van der Waals surface area contributed by atoms with E-state index in [-0.39, 0.29) is 5.91 Å². The van der Waals surface area contributed by atoms with Crippen molar-refractivity contribution in [2.24, 2.45) is 0 Å². The Morgan fingerprint density at radius 1 is 0.893 bits per heavy atom. The summed E-state index contributed by atoms with van der Waals surface area (Å²) in [5, 5.41) is 3.03. The minimum absolute atomic E-state index is 0.0699. The Morgan fingerprint density at radius 3 is 2.39 bits per heavy atom. The second kappa shape index (κ2) is 8.70. The Balaban J connectivity index is 1.42. The molecule has 0 spiro atoms. The molecule has 0 atom stereocenters. The van der Waals surface area contributed by atoms with Gasteiger partial charge >= 0.3 is 0 Å². The highest BCUT2D eigenvalue weighted by atomic mass is 16.1. The zero-order valence-corrected chi connectivity index (χ0v) is 16.0. The molecule has 0 bridgehead atoms. The van der Waals surface area contributed by atoms with Crippen LogP contribution >= 0.6 is 0 Å². The molecular formula is C24H25N3O. The van der Waals surface area contributed by atoms with Crippen LogP contribution in [0.25, 0.3) is 11.1 Å². The van der Waals surface area contributed by atoms with E-state index in [0.29, 0.717) is 12.1 Å². The monoisotopic (exact) mass is 371 g/mol. The van der Waals surface area contributed by atoms with Crippen LogP contribution in [0.15, 0.2) is 72.9 Å². The lowest BCUT2D eigenvalue weighted by atomic mass is 9.99. The van der Waals surface area contributed by atoms with E-state index in [1.165, 1.54) is 19.3 Å². The fourth-order valence-electron chi connectivity index (χ4n) is 3.66. The normalized spacial score (nSPS) is 13.9. The summed E-state index contributed by atoms with van der Waals surface area (Å²) in [7, 11) is 0. The van der Waals surface area contributed by atoms with Gasteiger partial charge in [-0.1, -0.05) is 54.6 Å². The van der Waals surface area contributed by atoms with Crippen LogP contribution in [-0.4, -0.2) is 24.0 Å². The molecule has 1 aromatic heterocycles. The smallest absolute Gasteiger partial charge is 0.252 e. The van der Waals surface area contributed by atoms with Crippen molar-refractivity contribution in [1.29, 1.82) is 0 Å². The first-order valence-corrected chi connectivity index (χ1v) is 9.94. The van der Waals surface area contributed by atoms with Gasteiger partial charge in [0.15, 0.2) is 0 Å². The minimum atomic E-state index is -0.0699. The number of amides is 1. The van der Waals surface area contributed by atoms with Gasteiger partial charge in [0, 0.05) is 31.4 Å². The molecule has 2 aromatic carbocycles. The Morgan fingerprint density at radius 2 is 1.64 bits per heavy atom. The van der Waals surface area contributed by atoms with Crippen LogP contribution in [-0.2, 0) is 6.54 Å². The summed E-state index contributed by atoms with van der Waals surface area (Å²) < 4.78 is 0. The van der Waals surface area contributed by atoms with Crippen LogP contribution in [0.2, 0.25) is 0 Å². The summed E-state index contributed by atoms with van der Waals surface area (Å²) in [6, 6.07) is 21.8. The van der Waals surface area contributed by atoms with Crippen LogP contribution in [0.1, 0.15) is 35.2 Å². The molecule has 1 N–H and O–H groups in total. The summed E-state index contributed by atoms with van der Waals surface area (Å²) in [5.41, 5.74) is 3.68. The quantitative estimate of drug-likeness (QED) is 0.709. The predicted octanol–water partition coefficient (Wildman–Crippen LogP) is 4.67. The van der Waals surface area contributed by atoms with Crippen LogP contribution in [0.5, 0.6) is 0 Å². The Labute approximate surface area is 166 Å². The molecule has 142 valence electrons. The van der Waals surface area contributed by atoms with Crippen molar-refractivity contribution in [2.45, 2.75) is 25.8 Å². The van der Waals surface area contributed by atoms with Crippen molar-refractivity contribution in [3.05, 3.63) is 84.1 Å². The number of benzene rings is 2. The van der Waals surface area contributed by atoms with E-state index in [9.17, 15) is 4.79 Å². The van der Waals surface area contributed by atoms with Crippen molar-refractivity contribution in [1.82, 2.24) is 10.3 Å². The van der Waals surface area contributed by atoms with Crippen molar-refractivity contribution >= 4 is 11.7 Å². The summed E-state index contributed by atoms with van der Waals surface area (Å²) >= 11 is 0. The SMILES string of the molecule is O=C(NCc1ccc(N2CCCCC2)nc1)c1ccccc1-c1ccccc1. The van der Waals surface area contributed by atoms with E-state index in [1.54, 1.807) is 0 Å². The first-order valence-electron chi connectivity index (χ1n) is 9.94. The minimum Gasteiger partial charge on any atom is -0.357 e. The number of hydrogen-bond acceptors (Lipinski definition) is 3. The van der Waals surface area contributed by atoms with E-state index < -0.39 is 0 Å². The molecule has 4 rings (SSSR count). The van der Waals surface area contributed by atoms with Crippen molar-refractivity contribution in [3.63, 3.8) is 0 Å². The molecule has 0 aliphatic carbocycles. The summed E-state index contributed by atoms with van der Waals surface area (Å²) in [4.78, 5) is 19.7. The second-order valence-corrected chi connectivity index (χ2v) is 7.17. The van der Waals surface area contributed by atoms with Gasteiger partial charge < -0.3 is 10.2 Å². The number of pyridine rings is 1. The third-order valence-electron chi connectivity index (χ3n) is 5.20. The molecule has 1 fully saturated rings. The molecule has 4 heteroatoms. The maximum Gasteiger partial charge on any atom is 0.252 e. The molecule has 28 heavy (non-hydrogen) atoms. The number of anilines is 1. The Bertz CT molecular complexity index is 916. The molecular weight excluding hydrogens is 346 g/mol. The van der Waals surface area contributed by atoms with Gasteiger partial charge in [-0.3, -0.25) is 4.79 Å². The number of carbonyl (C=O) groups is 1. The van der Waals surface area contributed by atoms with Crippen LogP contribution in [0.4, 0.5) is 5.82 Å². The second-order valence-electron chi connectivity index (χ2n) is 7.17. The van der Waals surface area contributed by atoms with Gasteiger partial charge in [0.05, 0.1) is 0 Å². The lowest BCUT2D eigenvalue weighted by Gasteiger charge is -2.27. The van der Waals surface area contributed by atoms with E-state index >= 15 is 0 Å². The molecule has 1 aliphatic heterocycles. The van der Waals surface area contributed by atoms with Gasteiger partial charge in [-0.15, -0.1) is 0 Å². The van der Waals surface area contributed by atoms with Gasteiger partial charge in [0.1, 0.15) is 5.82 Å². The molecule has 2 heterocycles. The van der Waals surface area contributed by atoms with Crippen molar-refractivity contribution in [2.75, 3.05) is 18.0 Å². The number of rotatable bonds is 5. The number of nitrogens with one attached hydrogen (secondary N) is 1. The zero-order chi connectivity index (χ0) is 19.2. The molecule has 1 amide bonds. The fourth-order valence-corrected chi connectivity index (χ4v) is 3.66. The fraction of sp³-hybridized carbons (Fsp3) is 0.250. The highest BCUT2D eigenvalue weighted by Crippen LogP contribution is 2.23. The number of carbonyl (C=O) groups excluding carboxylic acids is 1. The predicted molar refractivity (Wildman–Crippen MR) is 113 cm³/mol. The van der Waals surface area contributed by atoms with Gasteiger partial charge in [0.25, 0.3) is 5.91 Å². The van der Waals surface area contributed by atoms with Gasteiger partial charge in [-0.2, -0.15) is 0 Å². The summed E-state index contributed by atoms with van der Waals surface area (Å²) in [6.07, 6.45) is 5.65. The van der Waals surface area contributed by atoms with Crippen molar-refractivity contribution in [3.8, 4) is 11.1 Å². The highest BCUT2D eigenvalue weighted by Gasteiger charge is 2.13.